The molecule has 8 heteroatoms. The van der Waals surface area contributed by atoms with Gasteiger partial charge >= 0.3 is 5.97 Å². The molecule has 1 atom stereocenters. The number of halogens is 1. The van der Waals surface area contributed by atoms with E-state index >= 15 is 0 Å². The predicted octanol–water partition coefficient (Wildman–Crippen LogP) is 4.19. The van der Waals surface area contributed by atoms with Crippen LogP contribution in [-0.4, -0.2) is 31.2 Å². The summed E-state index contributed by atoms with van der Waals surface area (Å²) in [5.41, 5.74) is 1.08. The van der Waals surface area contributed by atoms with Crippen molar-refractivity contribution in [2.45, 2.75) is 33.0 Å². The normalized spacial score (nSPS) is 11.3. The molecule has 0 aliphatic heterocycles. The number of amides is 1. The van der Waals surface area contributed by atoms with E-state index in [0.717, 1.165) is 0 Å². The van der Waals surface area contributed by atoms with Crippen molar-refractivity contribution in [1.29, 1.82) is 5.26 Å². The molecule has 2 aromatic carbocycles. The van der Waals surface area contributed by atoms with E-state index in [9.17, 15) is 9.59 Å². The molecule has 0 aliphatic rings. The standard InChI is InChI=1S/C21H21ClN2O5/c1-12(2)28-19-17(22)9-15(10-18(19)27-4)21(26)29-13(3)20(25)24-16-7-5-14(11-23)6-8-16/h5-10,12-13H,1-4H3,(H,24,25)/t13-/m1/s1. The van der Waals surface area contributed by atoms with Crippen LogP contribution in [0.5, 0.6) is 11.5 Å². The van der Waals surface area contributed by atoms with Gasteiger partial charge in [-0.15, -0.1) is 0 Å². The van der Waals surface area contributed by atoms with Gasteiger partial charge in [0.1, 0.15) is 0 Å². The molecule has 0 saturated carbocycles. The first-order valence-electron chi connectivity index (χ1n) is 8.81. The Hall–Kier alpha value is -3.24. The van der Waals surface area contributed by atoms with Gasteiger partial charge in [-0.05, 0) is 57.2 Å². The fraction of sp³-hybridized carbons (Fsp3) is 0.286. The van der Waals surface area contributed by atoms with Crippen LogP contribution in [0.3, 0.4) is 0 Å². The topological polar surface area (TPSA) is 97.6 Å². The van der Waals surface area contributed by atoms with Crippen LogP contribution in [0, 0.1) is 11.3 Å². The third kappa shape index (κ3) is 5.87. The molecule has 0 unspecified atom stereocenters. The number of rotatable bonds is 7. The molecule has 0 radical (unpaired) electrons. The predicted molar refractivity (Wildman–Crippen MR) is 108 cm³/mol. The van der Waals surface area contributed by atoms with Gasteiger partial charge in [-0.3, -0.25) is 4.79 Å². The van der Waals surface area contributed by atoms with Gasteiger partial charge in [-0.1, -0.05) is 11.6 Å². The number of nitrogens with one attached hydrogen (secondary N) is 1. The van der Waals surface area contributed by atoms with Crippen LogP contribution < -0.4 is 14.8 Å². The van der Waals surface area contributed by atoms with Crippen molar-refractivity contribution in [2.24, 2.45) is 0 Å². The monoisotopic (exact) mass is 416 g/mol. The first-order chi connectivity index (χ1) is 13.7. The maximum atomic E-state index is 12.5. The van der Waals surface area contributed by atoms with Crippen molar-refractivity contribution in [3.05, 3.63) is 52.5 Å². The van der Waals surface area contributed by atoms with Crippen molar-refractivity contribution < 1.29 is 23.8 Å². The van der Waals surface area contributed by atoms with Crippen LogP contribution in [0.25, 0.3) is 0 Å². The smallest absolute Gasteiger partial charge is 0.339 e. The van der Waals surface area contributed by atoms with Crippen molar-refractivity contribution in [3.63, 3.8) is 0 Å². The Bertz CT molecular complexity index is 935. The molecule has 2 aromatic rings. The maximum absolute atomic E-state index is 12.5. The lowest BCUT2D eigenvalue weighted by molar-refractivity contribution is -0.123. The van der Waals surface area contributed by atoms with Crippen molar-refractivity contribution in [3.8, 4) is 17.6 Å². The van der Waals surface area contributed by atoms with E-state index in [1.807, 2.05) is 19.9 Å². The van der Waals surface area contributed by atoms with E-state index in [4.69, 9.17) is 31.1 Å². The van der Waals surface area contributed by atoms with E-state index in [2.05, 4.69) is 5.32 Å². The lowest BCUT2D eigenvalue weighted by Crippen LogP contribution is -2.30. The Morgan fingerprint density at radius 1 is 1.14 bits per heavy atom. The summed E-state index contributed by atoms with van der Waals surface area (Å²) >= 11 is 6.22. The second-order valence-electron chi connectivity index (χ2n) is 6.38. The van der Waals surface area contributed by atoms with Crippen LogP contribution in [0.2, 0.25) is 5.02 Å². The highest BCUT2D eigenvalue weighted by atomic mass is 35.5. The van der Waals surface area contributed by atoms with Gasteiger partial charge in [0.05, 0.1) is 35.4 Å². The number of ether oxygens (including phenoxy) is 3. The van der Waals surface area contributed by atoms with Gasteiger partial charge in [0.2, 0.25) is 0 Å². The maximum Gasteiger partial charge on any atom is 0.339 e. The summed E-state index contributed by atoms with van der Waals surface area (Å²) < 4.78 is 16.1. The number of benzene rings is 2. The molecule has 0 saturated heterocycles. The fourth-order valence-corrected chi connectivity index (χ4v) is 2.60. The van der Waals surface area contributed by atoms with Crippen LogP contribution in [0.15, 0.2) is 36.4 Å². The molecule has 0 heterocycles. The number of anilines is 1. The van der Waals surface area contributed by atoms with Gasteiger partial charge in [-0.25, -0.2) is 4.79 Å². The number of hydrogen-bond acceptors (Lipinski definition) is 6. The van der Waals surface area contributed by atoms with Gasteiger partial charge < -0.3 is 19.5 Å². The van der Waals surface area contributed by atoms with Crippen LogP contribution in [-0.2, 0) is 9.53 Å². The molecule has 7 nitrogen and oxygen atoms in total. The average Bonchev–Trinajstić information content (AvgIpc) is 2.69. The second kappa shape index (κ2) is 9.80. The Labute approximate surface area is 174 Å². The molecule has 0 aliphatic carbocycles. The summed E-state index contributed by atoms with van der Waals surface area (Å²) in [6.45, 7) is 5.13. The summed E-state index contributed by atoms with van der Waals surface area (Å²) in [7, 11) is 1.43. The van der Waals surface area contributed by atoms with E-state index < -0.39 is 18.0 Å². The summed E-state index contributed by atoms with van der Waals surface area (Å²) in [6.07, 6.45) is -1.19. The zero-order valence-corrected chi connectivity index (χ0v) is 17.2. The molecule has 152 valence electrons. The van der Waals surface area contributed by atoms with Gasteiger partial charge in [-0.2, -0.15) is 5.26 Å². The zero-order valence-electron chi connectivity index (χ0n) is 16.5. The minimum Gasteiger partial charge on any atom is -0.493 e. The molecule has 0 fully saturated rings. The van der Waals surface area contributed by atoms with Crippen molar-refractivity contribution in [2.75, 3.05) is 12.4 Å². The lowest BCUT2D eigenvalue weighted by Gasteiger charge is -2.17. The quantitative estimate of drug-likeness (QED) is 0.679. The highest BCUT2D eigenvalue weighted by Gasteiger charge is 2.22. The molecular weight excluding hydrogens is 396 g/mol. The highest BCUT2D eigenvalue weighted by Crippen LogP contribution is 2.37. The van der Waals surface area contributed by atoms with Crippen molar-refractivity contribution >= 4 is 29.2 Å². The number of carbonyl (C=O) groups is 2. The molecule has 0 bridgehead atoms. The molecule has 29 heavy (non-hydrogen) atoms. The average molecular weight is 417 g/mol. The van der Waals surface area contributed by atoms with E-state index in [1.165, 1.54) is 26.2 Å². The highest BCUT2D eigenvalue weighted by molar-refractivity contribution is 6.32. The van der Waals surface area contributed by atoms with E-state index in [0.29, 0.717) is 17.0 Å². The summed E-state index contributed by atoms with van der Waals surface area (Å²) in [5.74, 6) is -0.634. The minimum atomic E-state index is -1.06. The third-order valence-electron chi connectivity index (χ3n) is 3.75. The first kappa shape index (κ1) is 22.1. The van der Waals surface area contributed by atoms with E-state index in [-0.39, 0.29) is 22.4 Å². The Morgan fingerprint density at radius 2 is 1.79 bits per heavy atom. The number of nitrogens with zero attached hydrogens (tertiary/aromatic N) is 1. The number of carbonyl (C=O) groups excluding carboxylic acids is 2. The zero-order chi connectivity index (χ0) is 21.6. The SMILES string of the molecule is COc1cc(C(=O)O[C@H](C)C(=O)Nc2ccc(C#N)cc2)cc(Cl)c1OC(C)C. The summed E-state index contributed by atoms with van der Waals surface area (Å²) in [4.78, 5) is 24.7. The number of methoxy groups -OCH3 is 1. The summed E-state index contributed by atoms with van der Waals surface area (Å²) in [5, 5.41) is 11.6. The van der Waals surface area contributed by atoms with Crippen molar-refractivity contribution in [1.82, 2.24) is 0 Å². The summed E-state index contributed by atoms with van der Waals surface area (Å²) in [6, 6.07) is 11.1. The Balaban J connectivity index is 2.09. The number of esters is 1. The Kier molecular flexibility index (Phi) is 7.46. The molecule has 2 rings (SSSR count). The molecule has 0 spiro atoms. The fourth-order valence-electron chi connectivity index (χ4n) is 2.34. The van der Waals surface area contributed by atoms with Crippen LogP contribution in [0.4, 0.5) is 5.69 Å². The molecule has 1 amide bonds. The Morgan fingerprint density at radius 3 is 2.34 bits per heavy atom. The minimum absolute atomic E-state index is 0.126. The van der Waals surface area contributed by atoms with Gasteiger partial charge in [0.25, 0.3) is 5.91 Å². The third-order valence-corrected chi connectivity index (χ3v) is 4.03. The number of nitriles is 1. The number of hydrogen-bond donors (Lipinski definition) is 1. The van der Waals surface area contributed by atoms with E-state index in [1.54, 1.807) is 24.3 Å². The van der Waals surface area contributed by atoms with Gasteiger partial charge in [0.15, 0.2) is 17.6 Å². The lowest BCUT2D eigenvalue weighted by atomic mass is 10.2. The second-order valence-corrected chi connectivity index (χ2v) is 6.79. The molecule has 1 N–H and O–H groups in total. The van der Waals surface area contributed by atoms with Gasteiger partial charge in [0, 0.05) is 5.69 Å². The molecular formula is C21H21ClN2O5. The van der Waals surface area contributed by atoms with Crippen LogP contribution in [0.1, 0.15) is 36.7 Å². The first-order valence-corrected chi connectivity index (χ1v) is 9.19. The largest absolute Gasteiger partial charge is 0.493 e. The molecule has 0 aromatic heterocycles. The van der Waals surface area contributed by atoms with Crippen LogP contribution >= 0.6 is 11.6 Å².